The Kier molecular flexibility index (Phi) is 7.09. The summed E-state index contributed by atoms with van der Waals surface area (Å²) in [6, 6.07) is 20.3. The molecule has 2 aliphatic carbocycles. The molecule has 214 valence electrons. The Hall–Kier alpha value is -3.93. The van der Waals surface area contributed by atoms with Crippen LogP contribution in [0.5, 0.6) is 0 Å². The van der Waals surface area contributed by atoms with Crippen LogP contribution in [0.1, 0.15) is 75.5 Å². The van der Waals surface area contributed by atoms with Crippen molar-refractivity contribution in [3.63, 3.8) is 0 Å². The van der Waals surface area contributed by atoms with Gasteiger partial charge in [-0.05, 0) is 63.6 Å². The number of fused-ring (bicyclic) bond motifs is 1. The molecule has 0 radical (unpaired) electrons. The molecule has 2 aliphatic rings. The SMILES string of the molecule is CN(C)/C=C1/C(=O)c2cc(-c3ccccc3)c(-c3ccc(C4(N(C(=O)O)C(C)(C)C)CCC4)cc3)nc2CC1(C)C. The summed E-state index contributed by atoms with van der Waals surface area (Å²) in [5.41, 5.74) is 5.57. The fourth-order valence-electron chi connectivity index (χ4n) is 6.60. The third-order valence-electron chi connectivity index (χ3n) is 8.57. The number of hydrogen-bond acceptors (Lipinski definition) is 4. The third kappa shape index (κ3) is 5.05. The van der Waals surface area contributed by atoms with E-state index in [-0.39, 0.29) is 11.2 Å². The Morgan fingerprint density at radius 1 is 0.951 bits per heavy atom. The molecule has 2 aromatic carbocycles. The molecule has 0 saturated heterocycles. The number of carbonyl (C=O) groups excluding carboxylic acids is 1. The van der Waals surface area contributed by atoms with E-state index in [4.69, 9.17) is 4.98 Å². The van der Waals surface area contributed by atoms with Crippen LogP contribution in [0.15, 0.2) is 72.4 Å². The van der Waals surface area contributed by atoms with Gasteiger partial charge in [-0.3, -0.25) is 14.7 Å². The minimum Gasteiger partial charge on any atom is -0.465 e. The van der Waals surface area contributed by atoms with Crippen LogP contribution in [-0.2, 0) is 12.0 Å². The Balaban J connectivity index is 1.64. The van der Waals surface area contributed by atoms with Crippen molar-refractivity contribution in [2.45, 2.75) is 71.4 Å². The normalized spacial score (nSPS) is 18.4. The molecule has 6 nitrogen and oxygen atoms in total. The Labute approximate surface area is 243 Å². The van der Waals surface area contributed by atoms with Crippen LogP contribution in [0.3, 0.4) is 0 Å². The first-order valence-corrected chi connectivity index (χ1v) is 14.4. The Morgan fingerprint density at radius 2 is 1.59 bits per heavy atom. The van der Waals surface area contributed by atoms with Crippen LogP contribution in [0.2, 0.25) is 0 Å². The molecule has 1 heterocycles. The van der Waals surface area contributed by atoms with Gasteiger partial charge in [-0.25, -0.2) is 4.79 Å². The molecular formula is C35H41N3O3. The van der Waals surface area contributed by atoms with E-state index in [1.54, 1.807) is 4.90 Å². The van der Waals surface area contributed by atoms with Crippen molar-refractivity contribution < 1.29 is 14.7 Å². The molecule has 6 heteroatoms. The van der Waals surface area contributed by atoms with Crippen molar-refractivity contribution >= 4 is 11.9 Å². The average Bonchev–Trinajstić information content (AvgIpc) is 2.87. The van der Waals surface area contributed by atoms with Gasteiger partial charge in [-0.2, -0.15) is 0 Å². The predicted octanol–water partition coefficient (Wildman–Crippen LogP) is 7.78. The first-order valence-electron chi connectivity index (χ1n) is 14.4. The zero-order chi connectivity index (χ0) is 29.7. The number of nitrogens with zero attached hydrogens (tertiary/aromatic N) is 3. The lowest BCUT2D eigenvalue weighted by molar-refractivity contribution is -0.0328. The number of benzene rings is 2. The predicted molar refractivity (Wildman–Crippen MR) is 164 cm³/mol. The number of allylic oxidation sites excluding steroid dienone is 1. The largest absolute Gasteiger partial charge is 0.465 e. The number of rotatable bonds is 5. The van der Waals surface area contributed by atoms with Crippen molar-refractivity contribution in [3.05, 3.63) is 89.3 Å². The van der Waals surface area contributed by atoms with Gasteiger partial charge in [0.25, 0.3) is 0 Å². The highest BCUT2D eigenvalue weighted by molar-refractivity contribution is 6.12. The summed E-state index contributed by atoms with van der Waals surface area (Å²) in [6.45, 7) is 10.1. The molecule has 0 atom stereocenters. The molecule has 0 aliphatic heterocycles. The van der Waals surface area contributed by atoms with Crippen LogP contribution in [0.4, 0.5) is 4.79 Å². The van der Waals surface area contributed by atoms with Crippen molar-refractivity contribution in [3.8, 4) is 22.4 Å². The summed E-state index contributed by atoms with van der Waals surface area (Å²) < 4.78 is 0. The standard InChI is InChI=1S/C35H41N3O3/c1-33(2,3)38(32(40)41)35(18-11-19-35)25-16-14-24(15-17-25)30-26(23-12-9-8-10-13-23)20-27-29(36-30)21-34(4,5)28(31(27)39)22-37(6)7/h8-10,12-17,20,22H,11,18-19,21H2,1-7H3,(H,40,41)/b28-22-. The number of Topliss-reactive ketones (excluding diaryl/α,β-unsaturated/α-hetero) is 1. The van der Waals surface area contributed by atoms with Gasteiger partial charge < -0.3 is 10.0 Å². The van der Waals surface area contributed by atoms with Crippen LogP contribution in [0.25, 0.3) is 22.4 Å². The topological polar surface area (TPSA) is 73.7 Å². The van der Waals surface area contributed by atoms with Crippen molar-refractivity contribution in [1.29, 1.82) is 0 Å². The van der Waals surface area contributed by atoms with E-state index >= 15 is 0 Å². The second-order valence-electron chi connectivity index (χ2n) is 13.4. The molecule has 0 unspecified atom stereocenters. The summed E-state index contributed by atoms with van der Waals surface area (Å²) in [7, 11) is 3.88. The van der Waals surface area contributed by atoms with Crippen molar-refractivity contribution in [2.24, 2.45) is 5.41 Å². The van der Waals surface area contributed by atoms with Gasteiger partial charge in [-0.15, -0.1) is 0 Å². The number of pyridine rings is 1. The summed E-state index contributed by atoms with van der Waals surface area (Å²) in [5, 5.41) is 10.2. The van der Waals surface area contributed by atoms with Crippen molar-refractivity contribution in [1.82, 2.24) is 14.8 Å². The summed E-state index contributed by atoms with van der Waals surface area (Å²) in [5.74, 6) is 0.0272. The fourth-order valence-corrected chi connectivity index (χ4v) is 6.60. The lowest BCUT2D eigenvalue weighted by Gasteiger charge is -2.54. The number of ketones is 1. The van der Waals surface area contributed by atoms with Gasteiger partial charge in [0.05, 0.1) is 16.9 Å². The molecule has 41 heavy (non-hydrogen) atoms. The van der Waals surface area contributed by atoms with E-state index in [9.17, 15) is 14.7 Å². The minimum atomic E-state index is -0.890. The van der Waals surface area contributed by atoms with E-state index < -0.39 is 17.2 Å². The van der Waals surface area contributed by atoms with Gasteiger partial charge in [0.1, 0.15) is 0 Å². The first-order chi connectivity index (χ1) is 19.2. The van der Waals surface area contributed by atoms with E-state index in [1.807, 2.05) is 82.4 Å². The molecule has 1 fully saturated rings. The number of carboxylic acid groups (broad SMARTS) is 1. The molecule has 5 rings (SSSR count). The van der Waals surface area contributed by atoms with E-state index in [0.29, 0.717) is 12.0 Å². The Morgan fingerprint density at radius 3 is 2.10 bits per heavy atom. The highest BCUT2D eigenvalue weighted by atomic mass is 16.4. The van der Waals surface area contributed by atoms with Crippen LogP contribution >= 0.6 is 0 Å². The molecule has 0 bridgehead atoms. The highest BCUT2D eigenvalue weighted by Gasteiger charge is 2.50. The van der Waals surface area contributed by atoms with Gasteiger partial charge in [-0.1, -0.05) is 68.4 Å². The number of amides is 1. The molecule has 1 amide bonds. The van der Waals surface area contributed by atoms with Crippen LogP contribution in [0, 0.1) is 5.41 Å². The molecule has 1 N–H and O–H groups in total. The molecular weight excluding hydrogens is 510 g/mol. The molecule has 1 aromatic heterocycles. The summed E-state index contributed by atoms with van der Waals surface area (Å²) in [6.07, 6.45) is 4.33. The maximum atomic E-state index is 13.8. The van der Waals surface area contributed by atoms with Gasteiger partial charge in [0, 0.05) is 53.5 Å². The zero-order valence-electron chi connectivity index (χ0n) is 25.3. The Bertz CT molecular complexity index is 1510. The van der Waals surface area contributed by atoms with Gasteiger partial charge in [0.2, 0.25) is 0 Å². The van der Waals surface area contributed by atoms with E-state index in [0.717, 1.165) is 58.5 Å². The lowest BCUT2D eigenvalue weighted by atomic mass is 9.69. The second kappa shape index (κ2) is 10.2. The number of aromatic nitrogens is 1. The quantitative estimate of drug-likeness (QED) is 0.328. The maximum absolute atomic E-state index is 13.8. The highest BCUT2D eigenvalue weighted by Crippen LogP contribution is 2.50. The number of hydrogen-bond donors (Lipinski definition) is 1. The maximum Gasteiger partial charge on any atom is 0.408 e. The van der Waals surface area contributed by atoms with Crippen LogP contribution in [-0.4, -0.2) is 51.4 Å². The molecule has 0 spiro atoms. The van der Waals surface area contributed by atoms with Gasteiger partial charge >= 0.3 is 6.09 Å². The van der Waals surface area contributed by atoms with E-state index in [1.165, 1.54) is 0 Å². The summed E-state index contributed by atoms with van der Waals surface area (Å²) >= 11 is 0. The lowest BCUT2D eigenvalue weighted by Crippen LogP contribution is -2.60. The summed E-state index contributed by atoms with van der Waals surface area (Å²) in [4.78, 5) is 35.0. The third-order valence-corrected chi connectivity index (χ3v) is 8.57. The fraction of sp³-hybridized carbons (Fsp3) is 0.400. The molecule has 1 saturated carbocycles. The van der Waals surface area contributed by atoms with Gasteiger partial charge in [0.15, 0.2) is 5.78 Å². The van der Waals surface area contributed by atoms with Crippen molar-refractivity contribution in [2.75, 3.05) is 14.1 Å². The molecule has 3 aromatic rings. The first kappa shape index (κ1) is 28.6. The average molecular weight is 552 g/mol. The monoisotopic (exact) mass is 551 g/mol. The second-order valence-corrected chi connectivity index (χ2v) is 13.4. The van der Waals surface area contributed by atoms with E-state index in [2.05, 4.69) is 38.1 Å². The number of carbonyl (C=O) groups is 2. The zero-order valence-corrected chi connectivity index (χ0v) is 25.3. The van der Waals surface area contributed by atoms with Crippen LogP contribution < -0.4 is 0 Å². The minimum absolute atomic E-state index is 0.0272. The smallest absolute Gasteiger partial charge is 0.408 e.